The van der Waals surface area contributed by atoms with E-state index < -0.39 is 0 Å². The monoisotopic (exact) mass is 306 g/mol. The fourth-order valence-corrected chi connectivity index (χ4v) is 3.71. The minimum absolute atomic E-state index is 0.274. The number of hydrogen-bond acceptors (Lipinski definition) is 5. The van der Waals surface area contributed by atoms with Crippen LogP contribution in [0.25, 0.3) is 0 Å². The lowest BCUT2D eigenvalue weighted by Gasteiger charge is -2.39. The second-order valence-electron chi connectivity index (χ2n) is 6.69. The predicted molar refractivity (Wildman–Crippen MR) is 83.1 cm³/mol. The molecule has 1 aliphatic heterocycles. The molecule has 0 radical (unpaired) electrons. The molecule has 2 heterocycles. The fraction of sp³-hybridized carbons (Fsp3) is 0.750. The van der Waals surface area contributed by atoms with Gasteiger partial charge in [0.1, 0.15) is 0 Å². The Bertz CT molecular complexity index is 514. The van der Waals surface area contributed by atoms with Crippen molar-refractivity contribution >= 4 is 5.91 Å². The Kier molecular flexibility index (Phi) is 4.49. The van der Waals surface area contributed by atoms with Crippen molar-refractivity contribution in [3.05, 3.63) is 17.5 Å². The lowest BCUT2D eigenvalue weighted by molar-refractivity contribution is -0.143. The summed E-state index contributed by atoms with van der Waals surface area (Å²) in [4.78, 5) is 17.1. The van der Waals surface area contributed by atoms with Gasteiger partial charge < -0.3 is 15.2 Å². The van der Waals surface area contributed by atoms with Gasteiger partial charge in [0, 0.05) is 38.8 Å². The number of aromatic nitrogens is 1. The minimum Gasteiger partial charge on any atom is -0.360 e. The number of carbonyl (C=O) groups excluding carboxylic acids is 1. The maximum atomic E-state index is 12.8. The number of rotatable bonds is 4. The van der Waals surface area contributed by atoms with E-state index in [1.54, 1.807) is 0 Å². The van der Waals surface area contributed by atoms with Crippen LogP contribution in [0.4, 0.5) is 0 Å². The molecule has 2 N–H and O–H groups in total. The number of nitrogens with two attached hydrogens (primary N) is 1. The molecule has 122 valence electrons. The summed E-state index contributed by atoms with van der Waals surface area (Å²) >= 11 is 0. The molecule has 0 aromatic carbocycles. The van der Waals surface area contributed by atoms with Gasteiger partial charge in [0.05, 0.1) is 17.7 Å². The molecule has 3 rings (SSSR count). The Labute approximate surface area is 131 Å². The van der Waals surface area contributed by atoms with Gasteiger partial charge in [-0.25, -0.2) is 0 Å². The number of hydrogen-bond donors (Lipinski definition) is 1. The molecule has 0 bridgehead atoms. The van der Waals surface area contributed by atoms with Crippen LogP contribution >= 0.6 is 0 Å². The van der Waals surface area contributed by atoms with Crippen LogP contribution < -0.4 is 5.73 Å². The highest BCUT2D eigenvalue weighted by molar-refractivity contribution is 5.83. The molecule has 1 saturated carbocycles. The quantitative estimate of drug-likeness (QED) is 0.903. The third kappa shape index (κ3) is 3.03. The predicted octanol–water partition coefficient (Wildman–Crippen LogP) is 1.15. The van der Waals surface area contributed by atoms with E-state index in [0.29, 0.717) is 6.54 Å². The Morgan fingerprint density at radius 3 is 2.55 bits per heavy atom. The highest BCUT2D eigenvalue weighted by Crippen LogP contribution is 2.39. The average molecular weight is 306 g/mol. The molecule has 2 aliphatic rings. The van der Waals surface area contributed by atoms with Crippen molar-refractivity contribution in [2.24, 2.45) is 11.1 Å². The van der Waals surface area contributed by atoms with Crippen LogP contribution in [-0.2, 0) is 11.3 Å². The first-order valence-corrected chi connectivity index (χ1v) is 8.27. The Morgan fingerprint density at radius 1 is 1.32 bits per heavy atom. The van der Waals surface area contributed by atoms with Gasteiger partial charge in [-0.05, 0) is 19.8 Å². The van der Waals surface area contributed by atoms with Crippen LogP contribution in [0.15, 0.2) is 10.6 Å². The number of amides is 1. The first kappa shape index (κ1) is 15.5. The molecular weight excluding hydrogens is 280 g/mol. The number of piperazine rings is 1. The molecule has 1 aromatic rings. The lowest BCUT2D eigenvalue weighted by atomic mass is 9.84. The van der Waals surface area contributed by atoms with E-state index in [1.807, 2.05) is 17.9 Å². The van der Waals surface area contributed by atoms with Gasteiger partial charge >= 0.3 is 0 Å². The largest absolute Gasteiger partial charge is 0.360 e. The Balaban J connectivity index is 1.54. The molecule has 1 aliphatic carbocycles. The van der Waals surface area contributed by atoms with Crippen LogP contribution in [0.2, 0.25) is 0 Å². The van der Waals surface area contributed by atoms with Crippen molar-refractivity contribution in [2.45, 2.75) is 39.2 Å². The van der Waals surface area contributed by atoms with Crippen LogP contribution in [0.5, 0.6) is 0 Å². The van der Waals surface area contributed by atoms with E-state index in [1.165, 1.54) is 0 Å². The smallest absolute Gasteiger partial charge is 0.230 e. The highest BCUT2D eigenvalue weighted by Gasteiger charge is 2.42. The number of aryl methyl sites for hydroxylation is 1. The molecule has 1 aromatic heterocycles. The number of carbonyl (C=O) groups is 1. The molecule has 6 nitrogen and oxygen atoms in total. The van der Waals surface area contributed by atoms with Crippen molar-refractivity contribution in [1.82, 2.24) is 15.0 Å². The van der Waals surface area contributed by atoms with Crippen LogP contribution in [-0.4, -0.2) is 53.6 Å². The van der Waals surface area contributed by atoms with Gasteiger partial charge in [0.15, 0.2) is 5.76 Å². The molecule has 0 unspecified atom stereocenters. The lowest BCUT2D eigenvalue weighted by Crippen LogP contribution is -2.54. The van der Waals surface area contributed by atoms with Gasteiger partial charge in [-0.15, -0.1) is 0 Å². The standard InChI is InChI=1S/C16H26N4O2/c1-13-10-14(22-18-13)11-19-6-8-20(9-7-19)15(21)16(12-17)4-2-3-5-16/h10H,2-9,11-12,17H2,1H3. The van der Waals surface area contributed by atoms with Crippen LogP contribution in [0, 0.1) is 12.3 Å². The summed E-state index contributed by atoms with van der Waals surface area (Å²) in [6.45, 7) is 6.52. The van der Waals surface area contributed by atoms with Crippen molar-refractivity contribution in [2.75, 3.05) is 32.7 Å². The second-order valence-corrected chi connectivity index (χ2v) is 6.69. The zero-order chi connectivity index (χ0) is 15.6. The maximum absolute atomic E-state index is 12.8. The van der Waals surface area contributed by atoms with Crippen molar-refractivity contribution in [1.29, 1.82) is 0 Å². The Hall–Kier alpha value is -1.40. The number of nitrogens with zero attached hydrogens (tertiary/aromatic N) is 3. The summed E-state index contributed by atoms with van der Waals surface area (Å²) in [5, 5.41) is 3.92. The molecule has 0 atom stereocenters. The van der Waals surface area contributed by atoms with Gasteiger partial charge in [-0.2, -0.15) is 0 Å². The maximum Gasteiger partial charge on any atom is 0.230 e. The normalized spacial score (nSPS) is 22.2. The van der Waals surface area contributed by atoms with Crippen molar-refractivity contribution in [3.8, 4) is 0 Å². The van der Waals surface area contributed by atoms with E-state index >= 15 is 0 Å². The second kappa shape index (κ2) is 6.38. The van der Waals surface area contributed by atoms with E-state index in [9.17, 15) is 4.79 Å². The summed E-state index contributed by atoms with van der Waals surface area (Å²) in [5.41, 5.74) is 6.57. The van der Waals surface area contributed by atoms with E-state index in [4.69, 9.17) is 10.3 Å². The summed E-state index contributed by atoms with van der Waals surface area (Å²) in [5.74, 6) is 1.18. The van der Waals surface area contributed by atoms with Gasteiger partial charge in [0.25, 0.3) is 0 Å². The van der Waals surface area contributed by atoms with E-state index in [0.717, 1.165) is 69.9 Å². The molecule has 1 saturated heterocycles. The SMILES string of the molecule is Cc1cc(CN2CCN(C(=O)C3(CN)CCCC3)CC2)on1. The molecule has 2 fully saturated rings. The first-order valence-electron chi connectivity index (χ1n) is 8.27. The third-order valence-electron chi connectivity index (χ3n) is 5.12. The average Bonchev–Trinajstić information content (AvgIpc) is 3.17. The summed E-state index contributed by atoms with van der Waals surface area (Å²) in [6, 6.07) is 1.97. The zero-order valence-electron chi connectivity index (χ0n) is 13.4. The van der Waals surface area contributed by atoms with Gasteiger partial charge in [-0.3, -0.25) is 9.69 Å². The van der Waals surface area contributed by atoms with E-state index in [-0.39, 0.29) is 11.3 Å². The topological polar surface area (TPSA) is 75.6 Å². The molecule has 22 heavy (non-hydrogen) atoms. The minimum atomic E-state index is -0.274. The Morgan fingerprint density at radius 2 is 2.00 bits per heavy atom. The van der Waals surface area contributed by atoms with Crippen molar-refractivity contribution in [3.63, 3.8) is 0 Å². The fourth-order valence-electron chi connectivity index (χ4n) is 3.71. The zero-order valence-corrected chi connectivity index (χ0v) is 13.4. The molecule has 0 spiro atoms. The first-order chi connectivity index (χ1) is 10.6. The van der Waals surface area contributed by atoms with Gasteiger partial charge in [0.2, 0.25) is 5.91 Å². The third-order valence-corrected chi connectivity index (χ3v) is 5.12. The molecule has 1 amide bonds. The summed E-state index contributed by atoms with van der Waals surface area (Å²) in [7, 11) is 0. The molecule has 6 heteroatoms. The highest BCUT2D eigenvalue weighted by atomic mass is 16.5. The van der Waals surface area contributed by atoms with Crippen LogP contribution in [0.3, 0.4) is 0 Å². The van der Waals surface area contributed by atoms with Crippen molar-refractivity contribution < 1.29 is 9.32 Å². The summed E-state index contributed by atoms with van der Waals surface area (Å²) in [6.07, 6.45) is 4.18. The van der Waals surface area contributed by atoms with Crippen LogP contribution in [0.1, 0.15) is 37.1 Å². The van der Waals surface area contributed by atoms with Gasteiger partial charge in [-0.1, -0.05) is 18.0 Å². The molecular formula is C16H26N4O2. The summed E-state index contributed by atoms with van der Waals surface area (Å²) < 4.78 is 5.27. The van der Waals surface area contributed by atoms with E-state index in [2.05, 4.69) is 10.1 Å².